The average Bonchev–Trinajstić information content (AvgIpc) is 4.16. The number of nitrogens with zero attached hydrogens (tertiary/aromatic N) is 5. The van der Waals surface area contributed by atoms with Gasteiger partial charge in [0.1, 0.15) is 29.4 Å². The number of H-pyrrole nitrogens is 2. The number of hydrogen-bond donors (Lipinski definition) is 5. The van der Waals surface area contributed by atoms with Crippen LogP contribution in [-0.4, -0.2) is 115 Å². The molecule has 18 heteroatoms. The zero-order valence-corrected chi connectivity index (χ0v) is 40.3. The number of carbonyl (C=O) groups excluding carboxylic acids is 4. The summed E-state index contributed by atoms with van der Waals surface area (Å²) in [6.07, 6.45) is 11.4. The molecular formula is C50H66N10O8. The van der Waals surface area contributed by atoms with Gasteiger partial charge in [0, 0.05) is 17.8 Å². The Hall–Kier alpha value is -6.27. The molecule has 364 valence electrons. The number of rotatable bonds is 14. The first kappa shape index (κ1) is 48.2. The standard InChI is InChI=1S/C50H66N10O8/c1-9-11-36(56-47(61)42(57-49(63)65-7)34-20-28(3)67-29(4)21-34)45-52-25-38(55-45)44-39-12-10-19-59(39)41(26-51-44)33-16-14-32(15-17-33)37-24-53-46(54-37)40-18-13-27(2)60(40)48(62)43(58-50(64)66-8)35-22-30(5)68-31(6)23-35/h10,12,14-17,19,24-31,34-36,40,42-43H,9,11,13,18,20-23H2,1-8H3,(H,52,55)(H,53,54)(H,56,61)(H,57,63)(H,58,64)/t27-,28-,29+,30-,31+,34?,35?,36-,40-,42-,43?/m0/s1. The van der Waals surface area contributed by atoms with Gasteiger partial charge in [0.25, 0.3) is 0 Å². The van der Waals surface area contributed by atoms with Gasteiger partial charge in [0.15, 0.2) is 0 Å². The largest absolute Gasteiger partial charge is 0.453 e. The summed E-state index contributed by atoms with van der Waals surface area (Å²) in [6, 6.07) is 9.84. The monoisotopic (exact) mass is 935 g/mol. The summed E-state index contributed by atoms with van der Waals surface area (Å²) in [5, 5.41) is 8.83. The number of nitrogens with one attached hydrogen (secondary N) is 5. The Morgan fingerprint density at radius 3 is 1.97 bits per heavy atom. The van der Waals surface area contributed by atoms with Crippen LogP contribution in [0.25, 0.3) is 39.4 Å². The van der Waals surface area contributed by atoms with Crippen LogP contribution >= 0.6 is 0 Å². The van der Waals surface area contributed by atoms with Crippen LogP contribution in [0.1, 0.15) is 117 Å². The second kappa shape index (κ2) is 20.9. The minimum atomic E-state index is -0.803. The molecule has 8 rings (SSSR count). The highest BCUT2D eigenvalue weighted by atomic mass is 16.5. The molecule has 3 unspecified atom stereocenters. The molecule has 7 heterocycles. The Balaban J connectivity index is 0.980. The van der Waals surface area contributed by atoms with E-state index in [1.165, 1.54) is 14.2 Å². The van der Waals surface area contributed by atoms with Crippen molar-refractivity contribution < 1.29 is 38.1 Å². The zero-order chi connectivity index (χ0) is 48.2. The molecule has 0 radical (unpaired) electrons. The Bertz CT molecular complexity index is 2530. The number of benzene rings is 1. The minimum Gasteiger partial charge on any atom is -0.453 e. The number of alkyl carbamates (subject to hydrolysis) is 2. The zero-order valence-electron chi connectivity index (χ0n) is 40.3. The highest BCUT2D eigenvalue weighted by Gasteiger charge is 2.44. The SMILES string of the molecule is CCC[C@H](NC(=O)[C@@H](NC(=O)OC)C1C[C@@H](C)O[C@@H](C)C1)c1ncc(-c2ncc(-c3ccc(-c4cnc([C@@H]5CC[C@H](C)N5C(=O)C(NC(=O)OC)C5C[C@@H](C)O[C@@H](C)C5)[nH]4)cc3)n3cccc23)[nH]1. The topological polar surface area (TPSA) is 219 Å². The third kappa shape index (κ3) is 10.4. The molecule has 18 nitrogen and oxygen atoms in total. The van der Waals surface area contributed by atoms with Crippen LogP contribution in [0.4, 0.5) is 9.59 Å². The number of ether oxygens (including phenoxy) is 4. The van der Waals surface area contributed by atoms with E-state index in [0.717, 1.165) is 47.3 Å². The number of imidazole rings is 2. The van der Waals surface area contributed by atoms with E-state index in [9.17, 15) is 19.2 Å². The summed E-state index contributed by atoms with van der Waals surface area (Å²) in [6.45, 7) is 12.1. The molecule has 0 spiro atoms. The van der Waals surface area contributed by atoms with Crippen LogP contribution in [0, 0.1) is 11.8 Å². The molecule has 0 bridgehead atoms. The number of likely N-dealkylation sites (tertiary alicyclic amines) is 1. The van der Waals surface area contributed by atoms with Gasteiger partial charge in [-0.1, -0.05) is 37.6 Å². The van der Waals surface area contributed by atoms with Crippen LogP contribution < -0.4 is 16.0 Å². The van der Waals surface area contributed by atoms with Crippen molar-refractivity contribution in [1.29, 1.82) is 0 Å². The highest BCUT2D eigenvalue weighted by Crippen LogP contribution is 2.39. The summed E-state index contributed by atoms with van der Waals surface area (Å²) in [7, 11) is 2.60. The van der Waals surface area contributed by atoms with Gasteiger partial charge in [0.05, 0.1) is 91.9 Å². The number of methoxy groups -OCH3 is 2. The van der Waals surface area contributed by atoms with Crippen molar-refractivity contribution in [2.24, 2.45) is 11.8 Å². The third-order valence-corrected chi connectivity index (χ3v) is 13.8. The highest BCUT2D eigenvalue weighted by molar-refractivity contribution is 5.87. The fourth-order valence-electron chi connectivity index (χ4n) is 10.8. The lowest BCUT2D eigenvalue weighted by Gasteiger charge is -2.39. The number of amides is 4. The molecule has 4 aromatic heterocycles. The van der Waals surface area contributed by atoms with Crippen LogP contribution in [0.2, 0.25) is 0 Å². The van der Waals surface area contributed by atoms with Crippen molar-refractivity contribution >= 4 is 29.5 Å². The molecule has 3 saturated heterocycles. The Morgan fingerprint density at radius 2 is 1.34 bits per heavy atom. The summed E-state index contributed by atoms with van der Waals surface area (Å²) < 4.78 is 23.8. The summed E-state index contributed by atoms with van der Waals surface area (Å²) in [4.78, 5) is 76.7. The number of hydrogen-bond acceptors (Lipinski definition) is 11. The van der Waals surface area contributed by atoms with Gasteiger partial charge in [0.2, 0.25) is 11.8 Å². The number of aromatic nitrogens is 6. The normalized spacial score (nSPS) is 25.3. The molecule has 5 aromatic rings. The quantitative estimate of drug-likeness (QED) is 0.0728. The molecule has 5 N–H and O–H groups in total. The molecule has 4 amide bonds. The number of aromatic amines is 2. The first-order valence-electron chi connectivity index (χ1n) is 24.0. The van der Waals surface area contributed by atoms with Crippen molar-refractivity contribution in [2.75, 3.05) is 14.2 Å². The van der Waals surface area contributed by atoms with Crippen molar-refractivity contribution in [3.05, 3.63) is 72.8 Å². The van der Waals surface area contributed by atoms with Gasteiger partial charge in [-0.3, -0.25) is 14.6 Å². The first-order chi connectivity index (χ1) is 32.7. The molecule has 3 fully saturated rings. The predicted octanol–water partition coefficient (Wildman–Crippen LogP) is 7.65. The molecule has 1 aromatic carbocycles. The van der Waals surface area contributed by atoms with Gasteiger partial charge < -0.3 is 54.2 Å². The number of carbonyl (C=O) groups is 4. The lowest BCUT2D eigenvalue weighted by atomic mass is 9.85. The van der Waals surface area contributed by atoms with Crippen LogP contribution in [-0.2, 0) is 28.5 Å². The fraction of sp³-hybridized carbons (Fsp3) is 0.540. The number of fused-ring (bicyclic) bond motifs is 1. The molecule has 3 aliphatic heterocycles. The van der Waals surface area contributed by atoms with E-state index in [4.69, 9.17) is 33.9 Å². The van der Waals surface area contributed by atoms with Gasteiger partial charge in [-0.05, 0) is 109 Å². The van der Waals surface area contributed by atoms with E-state index in [0.29, 0.717) is 55.1 Å². The average molecular weight is 935 g/mol. The van der Waals surface area contributed by atoms with E-state index >= 15 is 0 Å². The van der Waals surface area contributed by atoms with E-state index in [2.05, 4.69) is 42.5 Å². The predicted molar refractivity (Wildman–Crippen MR) is 254 cm³/mol. The van der Waals surface area contributed by atoms with Crippen LogP contribution in [0.3, 0.4) is 0 Å². The van der Waals surface area contributed by atoms with E-state index < -0.39 is 30.3 Å². The molecule has 11 atom stereocenters. The van der Waals surface area contributed by atoms with E-state index in [-0.39, 0.29) is 60.1 Å². The summed E-state index contributed by atoms with van der Waals surface area (Å²) in [5.74, 6) is 0.622. The third-order valence-electron chi connectivity index (χ3n) is 13.8. The molecule has 0 saturated carbocycles. The Morgan fingerprint density at radius 1 is 0.735 bits per heavy atom. The maximum atomic E-state index is 14.5. The van der Waals surface area contributed by atoms with Crippen LogP contribution in [0.5, 0.6) is 0 Å². The van der Waals surface area contributed by atoms with Crippen molar-refractivity contribution in [3.63, 3.8) is 0 Å². The van der Waals surface area contributed by atoms with Crippen molar-refractivity contribution in [1.82, 2.24) is 50.2 Å². The minimum absolute atomic E-state index is 0.0338. The van der Waals surface area contributed by atoms with E-state index in [1.807, 2.05) is 89.3 Å². The second-order valence-electron chi connectivity index (χ2n) is 18.9. The molecule has 3 aliphatic rings. The lowest BCUT2D eigenvalue weighted by molar-refractivity contribution is -0.140. The molecular weight excluding hydrogens is 869 g/mol. The second-order valence-corrected chi connectivity index (χ2v) is 18.9. The van der Waals surface area contributed by atoms with Gasteiger partial charge in [-0.2, -0.15) is 0 Å². The Kier molecular flexibility index (Phi) is 14.8. The maximum absolute atomic E-state index is 14.5. The first-order valence-corrected chi connectivity index (χ1v) is 24.0. The Labute approximate surface area is 397 Å². The fourth-order valence-corrected chi connectivity index (χ4v) is 10.8. The maximum Gasteiger partial charge on any atom is 0.407 e. The van der Waals surface area contributed by atoms with Crippen molar-refractivity contribution in [3.8, 4) is 33.9 Å². The van der Waals surface area contributed by atoms with Gasteiger partial charge in [-0.15, -0.1) is 0 Å². The van der Waals surface area contributed by atoms with Gasteiger partial charge in [-0.25, -0.2) is 19.6 Å². The summed E-state index contributed by atoms with van der Waals surface area (Å²) >= 11 is 0. The molecule has 0 aliphatic carbocycles. The lowest BCUT2D eigenvalue weighted by Crippen LogP contribution is -2.55. The smallest absolute Gasteiger partial charge is 0.407 e. The van der Waals surface area contributed by atoms with E-state index in [1.54, 1.807) is 6.20 Å². The van der Waals surface area contributed by atoms with Crippen LogP contribution in [0.15, 0.2) is 61.2 Å². The summed E-state index contributed by atoms with van der Waals surface area (Å²) in [5.41, 5.74) is 5.88. The van der Waals surface area contributed by atoms with Gasteiger partial charge >= 0.3 is 12.2 Å². The van der Waals surface area contributed by atoms with Crippen molar-refractivity contribution in [2.45, 2.75) is 148 Å². The molecule has 68 heavy (non-hydrogen) atoms.